The minimum atomic E-state index is -0.472. The first-order valence-corrected chi connectivity index (χ1v) is 16.0. The zero-order valence-electron chi connectivity index (χ0n) is 25.2. The number of unbranched alkanes of at least 4 members (excludes halogenated alkanes) is 10. The van der Waals surface area contributed by atoms with Gasteiger partial charge < -0.3 is 9.47 Å². The normalized spacial score (nSPS) is 11.8. The molecule has 1 atom stereocenters. The van der Waals surface area contributed by atoms with Crippen molar-refractivity contribution in [3.63, 3.8) is 0 Å². The van der Waals surface area contributed by atoms with Crippen molar-refractivity contribution in [2.45, 2.75) is 117 Å². The molecule has 0 aliphatic rings. The smallest absolute Gasteiger partial charge is 0.343 e. The Labute approximate surface area is 252 Å². The second-order valence-corrected chi connectivity index (χ2v) is 11.4. The summed E-state index contributed by atoms with van der Waals surface area (Å²) in [6.07, 6.45) is 21.2. The van der Waals surface area contributed by atoms with Gasteiger partial charge in [-0.2, -0.15) is 0 Å². The third-order valence-corrected chi connectivity index (χ3v) is 7.60. The van der Waals surface area contributed by atoms with Crippen molar-refractivity contribution in [2.75, 3.05) is 0 Å². The van der Waals surface area contributed by atoms with Crippen molar-refractivity contribution < 1.29 is 14.3 Å². The van der Waals surface area contributed by atoms with Gasteiger partial charge in [0.25, 0.3) is 0 Å². The van der Waals surface area contributed by atoms with E-state index in [0.29, 0.717) is 27.9 Å². The lowest BCUT2D eigenvalue weighted by Crippen LogP contribution is -2.13. The molecule has 0 saturated heterocycles. The Kier molecular flexibility index (Phi) is 14.7. The van der Waals surface area contributed by atoms with E-state index in [1.807, 2.05) is 31.5 Å². The monoisotopic (exact) mass is 578 g/mol. The minimum Gasteiger partial charge on any atom is -0.489 e. The molecule has 0 spiro atoms. The predicted molar refractivity (Wildman–Crippen MR) is 169 cm³/mol. The average Bonchev–Trinajstić information content (AvgIpc) is 2.98. The molecule has 0 fully saturated rings. The molecule has 0 N–H and O–H groups in total. The largest absolute Gasteiger partial charge is 0.489 e. The number of halogens is 1. The molecule has 1 aromatic heterocycles. The number of esters is 1. The molecule has 0 amide bonds. The number of hydrogen-bond donors (Lipinski definition) is 0. The highest BCUT2D eigenvalue weighted by Gasteiger charge is 2.14. The van der Waals surface area contributed by atoms with Crippen molar-refractivity contribution in [1.82, 2.24) is 9.97 Å². The lowest BCUT2D eigenvalue weighted by atomic mass is 10.1. The van der Waals surface area contributed by atoms with Gasteiger partial charge in [0, 0.05) is 18.0 Å². The number of rotatable bonds is 19. The fourth-order valence-corrected chi connectivity index (χ4v) is 5.02. The van der Waals surface area contributed by atoms with Crippen LogP contribution in [0, 0.1) is 0 Å². The summed E-state index contributed by atoms with van der Waals surface area (Å²) in [5, 5.41) is 0.401. The maximum Gasteiger partial charge on any atom is 0.343 e. The Balaban J connectivity index is 1.44. The fraction of sp³-hybridized carbons (Fsp3) is 0.514. The van der Waals surface area contributed by atoms with Crippen LogP contribution in [0.4, 0.5) is 0 Å². The summed E-state index contributed by atoms with van der Waals surface area (Å²) in [6, 6.07) is 12.3. The van der Waals surface area contributed by atoms with E-state index in [0.717, 1.165) is 24.8 Å². The van der Waals surface area contributed by atoms with Crippen LogP contribution >= 0.6 is 11.6 Å². The predicted octanol–water partition coefficient (Wildman–Crippen LogP) is 10.4. The van der Waals surface area contributed by atoms with Crippen LogP contribution in [0.3, 0.4) is 0 Å². The molecule has 0 aliphatic heterocycles. The molecule has 2 aromatic carbocycles. The lowest BCUT2D eigenvalue weighted by molar-refractivity contribution is 0.0734. The third kappa shape index (κ3) is 11.8. The number of benzene rings is 2. The van der Waals surface area contributed by atoms with Crippen molar-refractivity contribution in [3.05, 3.63) is 71.0 Å². The van der Waals surface area contributed by atoms with E-state index < -0.39 is 5.97 Å². The first kappa shape index (κ1) is 32.6. The Bertz CT molecular complexity index is 1170. The first-order valence-electron chi connectivity index (χ1n) is 15.6. The topological polar surface area (TPSA) is 61.3 Å². The first-order chi connectivity index (χ1) is 20.0. The number of aryl methyl sites for hydroxylation is 1. The number of ether oxygens (including phenoxy) is 2. The quantitative estimate of drug-likeness (QED) is 0.0804. The van der Waals surface area contributed by atoms with Crippen molar-refractivity contribution in [1.29, 1.82) is 0 Å². The van der Waals surface area contributed by atoms with E-state index in [1.165, 1.54) is 76.2 Å². The van der Waals surface area contributed by atoms with E-state index in [2.05, 4.69) is 23.8 Å². The maximum absolute atomic E-state index is 12.7. The van der Waals surface area contributed by atoms with Crippen LogP contribution in [-0.4, -0.2) is 22.0 Å². The molecule has 0 aliphatic carbocycles. The molecule has 0 bridgehead atoms. The summed E-state index contributed by atoms with van der Waals surface area (Å²) in [7, 11) is 0. The number of nitrogens with zero attached hydrogens (tertiary/aromatic N) is 2. The molecule has 6 heteroatoms. The Morgan fingerprint density at radius 2 is 1.41 bits per heavy atom. The summed E-state index contributed by atoms with van der Waals surface area (Å²) in [4.78, 5) is 21.8. The van der Waals surface area contributed by atoms with Crippen molar-refractivity contribution >= 4 is 17.6 Å². The number of aromatic nitrogens is 2. The Morgan fingerprint density at radius 3 is 2.05 bits per heavy atom. The van der Waals surface area contributed by atoms with Gasteiger partial charge in [0.05, 0.1) is 16.7 Å². The van der Waals surface area contributed by atoms with Gasteiger partial charge in [-0.3, -0.25) is 0 Å². The van der Waals surface area contributed by atoms with Crippen LogP contribution < -0.4 is 9.47 Å². The zero-order chi connectivity index (χ0) is 29.3. The Morgan fingerprint density at radius 1 is 0.805 bits per heavy atom. The molecule has 0 saturated carbocycles. The van der Waals surface area contributed by atoms with Gasteiger partial charge in [-0.05, 0) is 80.6 Å². The fourth-order valence-electron chi connectivity index (χ4n) is 4.79. The van der Waals surface area contributed by atoms with Crippen LogP contribution in [0.25, 0.3) is 11.4 Å². The molecule has 41 heavy (non-hydrogen) atoms. The maximum atomic E-state index is 12.7. The summed E-state index contributed by atoms with van der Waals surface area (Å²) >= 11 is 6.42. The molecular formula is C35H47ClN2O3. The van der Waals surface area contributed by atoms with Gasteiger partial charge in [-0.15, -0.1) is 0 Å². The standard InChI is InChI=1S/C35H47ClN2O3/c1-4-6-8-10-11-12-13-15-17-28-25-37-34(38-26-28)29-18-21-31(22-19-29)41-35(39)30-20-23-33(32(36)24-30)40-27(3)16-14-9-7-5-2/h18-27H,4-17H2,1-3H3. The van der Waals surface area contributed by atoms with E-state index >= 15 is 0 Å². The molecule has 5 nitrogen and oxygen atoms in total. The van der Waals surface area contributed by atoms with E-state index in [1.54, 1.807) is 30.3 Å². The van der Waals surface area contributed by atoms with E-state index in [-0.39, 0.29) is 6.10 Å². The average molecular weight is 579 g/mol. The van der Waals surface area contributed by atoms with Crippen LogP contribution in [0.1, 0.15) is 120 Å². The molecular weight excluding hydrogens is 532 g/mol. The molecule has 3 aromatic rings. The van der Waals surface area contributed by atoms with Crippen molar-refractivity contribution in [3.8, 4) is 22.9 Å². The molecule has 1 unspecified atom stereocenters. The molecule has 0 radical (unpaired) electrons. The third-order valence-electron chi connectivity index (χ3n) is 7.31. The minimum absolute atomic E-state index is 0.0655. The van der Waals surface area contributed by atoms with Gasteiger partial charge >= 0.3 is 5.97 Å². The van der Waals surface area contributed by atoms with Crippen LogP contribution in [0.15, 0.2) is 54.9 Å². The highest BCUT2D eigenvalue weighted by atomic mass is 35.5. The second kappa shape index (κ2) is 18.5. The number of carbonyl (C=O) groups is 1. The molecule has 1 heterocycles. The lowest BCUT2D eigenvalue weighted by Gasteiger charge is -2.16. The highest BCUT2D eigenvalue weighted by Crippen LogP contribution is 2.28. The summed E-state index contributed by atoms with van der Waals surface area (Å²) in [6.45, 7) is 6.50. The summed E-state index contributed by atoms with van der Waals surface area (Å²) < 4.78 is 11.6. The molecule has 222 valence electrons. The van der Waals surface area contributed by atoms with Gasteiger partial charge in [0.1, 0.15) is 11.5 Å². The van der Waals surface area contributed by atoms with Crippen LogP contribution in [0.5, 0.6) is 11.5 Å². The Hall–Kier alpha value is -2.92. The van der Waals surface area contributed by atoms with Crippen LogP contribution in [-0.2, 0) is 6.42 Å². The highest BCUT2D eigenvalue weighted by molar-refractivity contribution is 6.32. The van der Waals surface area contributed by atoms with Gasteiger partial charge in [-0.25, -0.2) is 14.8 Å². The second-order valence-electron chi connectivity index (χ2n) is 11.0. The van der Waals surface area contributed by atoms with Crippen molar-refractivity contribution in [2.24, 2.45) is 0 Å². The summed E-state index contributed by atoms with van der Waals surface area (Å²) in [5.41, 5.74) is 2.41. The van der Waals surface area contributed by atoms with Crippen LogP contribution in [0.2, 0.25) is 5.02 Å². The number of carbonyl (C=O) groups excluding carboxylic acids is 1. The van der Waals surface area contributed by atoms with Gasteiger partial charge in [-0.1, -0.05) is 89.7 Å². The van der Waals surface area contributed by atoms with E-state index in [9.17, 15) is 4.79 Å². The van der Waals surface area contributed by atoms with Gasteiger partial charge in [0.2, 0.25) is 0 Å². The van der Waals surface area contributed by atoms with E-state index in [4.69, 9.17) is 21.1 Å². The van der Waals surface area contributed by atoms with Gasteiger partial charge in [0.15, 0.2) is 5.82 Å². The number of hydrogen-bond acceptors (Lipinski definition) is 5. The molecule has 3 rings (SSSR count). The summed E-state index contributed by atoms with van der Waals surface area (Å²) in [5.74, 6) is 1.21. The zero-order valence-corrected chi connectivity index (χ0v) is 25.9. The SMILES string of the molecule is CCCCCCCCCCc1cnc(-c2ccc(OC(=O)c3ccc(OC(C)CCCCCC)c(Cl)c3)cc2)nc1.